The first-order chi connectivity index (χ1) is 12.2. The van der Waals surface area contributed by atoms with E-state index in [1.165, 1.54) is 12.1 Å². The van der Waals surface area contributed by atoms with Crippen molar-refractivity contribution in [2.24, 2.45) is 5.73 Å². The van der Waals surface area contributed by atoms with Crippen LogP contribution >= 0.6 is 7.60 Å². The number of carbonyl (C=O) groups excluding carboxylic acids is 2. The van der Waals surface area contributed by atoms with E-state index in [9.17, 15) is 18.9 Å². The Labute approximate surface area is 151 Å². The fourth-order valence-electron chi connectivity index (χ4n) is 2.15. The van der Waals surface area contributed by atoms with Crippen LogP contribution in [0.1, 0.15) is 36.2 Å². The highest BCUT2D eigenvalue weighted by atomic mass is 31.2. The summed E-state index contributed by atoms with van der Waals surface area (Å²) in [5, 5.41) is 11.0. The van der Waals surface area contributed by atoms with Crippen molar-refractivity contribution in [3.63, 3.8) is 0 Å². The number of benzene rings is 1. The van der Waals surface area contributed by atoms with Gasteiger partial charge in [-0.2, -0.15) is 0 Å². The fraction of sp³-hybridized carbons (Fsp3) is 0.438. The monoisotopic (exact) mass is 386 g/mol. The summed E-state index contributed by atoms with van der Waals surface area (Å²) in [4.78, 5) is 34.1. The maximum atomic E-state index is 12.5. The molecule has 2 amide bonds. The first-order valence-electron chi connectivity index (χ1n) is 7.99. The fourth-order valence-corrected chi connectivity index (χ4v) is 3.85. The number of carboxylic acids is 1. The van der Waals surface area contributed by atoms with Gasteiger partial charge in [-0.25, -0.2) is 0 Å². The number of carboxylic acid groups (broad SMARTS) is 1. The number of carbonyl (C=O) groups is 3. The van der Waals surface area contributed by atoms with Crippen molar-refractivity contribution in [1.82, 2.24) is 5.32 Å². The minimum Gasteiger partial charge on any atom is -0.481 e. The van der Waals surface area contributed by atoms with Gasteiger partial charge in [-0.05, 0) is 31.5 Å². The lowest BCUT2D eigenvalue weighted by Crippen LogP contribution is -2.45. The molecule has 0 aliphatic carbocycles. The lowest BCUT2D eigenvalue weighted by atomic mass is 10.1. The first-order valence-corrected chi connectivity index (χ1v) is 9.72. The lowest BCUT2D eigenvalue weighted by molar-refractivity contribution is -0.139. The minimum atomic E-state index is -3.26. The summed E-state index contributed by atoms with van der Waals surface area (Å²) in [6, 6.07) is 4.78. The lowest BCUT2D eigenvalue weighted by Gasteiger charge is -2.17. The van der Waals surface area contributed by atoms with Crippen LogP contribution < -0.4 is 11.1 Å². The highest BCUT2D eigenvalue weighted by Crippen LogP contribution is 2.51. The molecule has 0 spiro atoms. The third kappa shape index (κ3) is 6.95. The van der Waals surface area contributed by atoms with Crippen LogP contribution in [0, 0.1) is 0 Å². The van der Waals surface area contributed by atoms with Crippen LogP contribution in [-0.4, -0.2) is 42.1 Å². The van der Waals surface area contributed by atoms with E-state index < -0.39 is 37.8 Å². The highest BCUT2D eigenvalue weighted by Gasteiger charge is 2.25. The summed E-state index contributed by atoms with van der Waals surface area (Å²) < 4.78 is 22.9. The van der Waals surface area contributed by atoms with Gasteiger partial charge in [0.1, 0.15) is 6.04 Å². The average molecular weight is 386 g/mol. The summed E-state index contributed by atoms with van der Waals surface area (Å²) in [5.74, 6) is -2.84. The van der Waals surface area contributed by atoms with Crippen molar-refractivity contribution < 1.29 is 33.1 Å². The zero-order chi connectivity index (χ0) is 19.7. The number of nitrogens with two attached hydrogens (primary N) is 1. The van der Waals surface area contributed by atoms with E-state index in [1.807, 2.05) is 0 Å². The van der Waals surface area contributed by atoms with Crippen LogP contribution in [0.15, 0.2) is 24.3 Å². The Morgan fingerprint density at radius 1 is 1.15 bits per heavy atom. The number of aliphatic carboxylic acids is 1. The summed E-state index contributed by atoms with van der Waals surface area (Å²) in [7, 11) is -3.26. The Kier molecular flexibility index (Phi) is 8.44. The molecule has 0 aromatic heterocycles. The van der Waals surface area contributed by atoms with Gasteiger partial charge in [0.15, 0.2) is 0 Å². The van der Waals surface area contributed by atoms with Crippen LogP contribution in [0.2, 0.25) is 0 Å². The third-order valence-corrected chi connectivity index (χ3v) is 5.33. The summed E-state index contributed by atoms with van der Waals surface area (Å²) in [6.07, 6.45) is -0.551. The molecule has 0 radical (unpaired) electrons. The maximum absolute atomic E-state index is 12.5. The summed E-state index contributed by atoms with van der Waals surface area (Å²) in [5.41, 5.74) is 5.93. The molecule has 1 rings (SSSR count). The second kappa shape index (κ2) is 10.1. The van der Waals surface area contributed by atoms with Crippen LogP contribution in [0.4, 0.5) is 0 Å². The Bertz CT molecular complexity index is 680. The maximum Gasteiger partial charge on any atom is 0.335 e. The number of hydrogen-bond donors (Lipinski definition) is 3. The Morgan fingerprint density at radius 3 is 2.12 bits per heavy atom. The molecule has 0 aliphatic heterocycles. The third-order valence-electron chi connectivity index (χ3n) is 3.27. The van der Waals surface area contributed by atoms with E-state index in [2.05, 4.69) is 5.32 Å². The van der Waals surface area contributed by atoms with Crippen molar-refractivity contribution in [2.75, 3.05) is 13.2 Å². The smallest absolute Gasteiger partial charge is 0.335 e. The SMILES string of the molecule is CCOP(=O)(Cc1ccc(C(=O)N[C@@H](CC(=O)O)C(N)=O)cc1)OCC. The van der Waals surface area contributed by atoms with Gasteiger partial charge in [0.05, 0.1) is 25.8 Å². The highest BCUT2D eigenvalue weighted by molar-refractivity contribution is 7.53. The van der Waals surface area contributed by atoms with Gasteiger partial charge in [0, 0.05) is 5.56 Å². The van der Waals surface area contributed by atoms with Crippen LogP contribution in [0.5, 0.6) is 0 Å². The molecule has 0 heterocycles. The van der Waals surface area contributed by atoms with Crippen molar-refractivity contribution in [2.45, 2.75) is 32.5 Å². The molecule has 26 heavy (non-hydrogen) atoms. The molecule has 1 atom stereocenters. The normalized spacial score (nSPS) is 12.4. The molecule has 4 N–H and O–H groups in total. The van der Waals surface area contributed by atoms with Crippen LogP contribution in [-0.2, 0) is 29.4 Å². The van der Waals surface area contributed by atoms with E-state index in [0.717, 1.165) is 0 Å². The van der Waals surface area contributed by atoms with Gasteiger partial charge in [0.25, 0.3) is 5.91 Å². The van der Waals surface area contributed by atoms with Gasteiger partial charge in [-0.1, -0.05) is 12.1 Å². The molecule has 0 saturated carbocycles. The van der Waals surface area contributed by atoms with Gasteiger partial charge >= 0.3 is 13.6 Å². The molecule has 0 unspecified atom stereocenters. The summed E-state index contributed by atoms with van der Waals surface area (Å²) in [6.45, 7) is 3.92. The van der Waals surface area contributed by atoms with Crippen molar-refractivity contribution in [1.29, 1.82) is 0 Å². The standard InChI is InChI=1S/C16H23N2O7P/c1-3-24-26(23,25-4-2)10-11-5-7-12(8-6-11)16(22)18-13(15(17)21)9-14(19)20/h5-8,13H,3-4,9-10H2,1-2H3,(H2,17,21)(H,18,22)(H,19,20)/t13-/m0/s1. The Hall–Kier alpha value is -2.22. The van der Waals surface area contributed by atoms with E-state index in [1.54, 1.807) is 26.0 Å². The number of amides is 2. The number of nitrogens with one attached hydrogen (secondary N) is 1. The van der Waals surface area contributed by atoms with Crippen molar-refractivity contribution in [3.8, 4) is 0 Å². The van der Waals surface area contributed by atoms with E-state index in [4.69, 9.17) is 19.9 Å². The largest absolute Gasteiger partial charge is 0.481 e. The molecule has 0 saturated heterocycles. The van der Waals surface area contributed by atoms with E-state index >= 15 is 0 Å². The predicted octanol–water partition coefficient (Wildman–Crippen LogP) is 1.51. The molecule has 144 valence electrons. The average Bonchev–Trinajstić information content (AvgIpc) is 2.54. The molecule has 1 aromatic rings. The molecular weight excluding hydrogens is 363 g/mol. The molecule has 10 heteroatoms. The van der Waals surface area contributed by atoms with Gasteiger partial charge in [-0.3, -0.25) is 18.9 Å². The second-order valence-corrected chi connectivity index (χ2v) is 7.38. The van der Waals surface area contributed by atoms with Gasteiger partial charge in [-0.15, -0.1) is 0 Å². The van der Waals surface area contributed by atoms with E-state index in [0.29, 0.717) is 5.56 Å². The molecule has 9 nitrogen and oxygen atoms in total. The zero-order valence-electron chi connectivity index (χ0n) is 14.6. The Balaban J connectivity index is 2.82. The topological polar surface area (TPSA) is 145 Å². The molecular formula is C16H23N2O7P. The number of primary amides is 1. The Morgan fingerprint density at radius 2 is 1.69 bits per heavy atom. The zero-order valence-corrected chi connectivity index (χ0v) is 15.5. The summed E-state index contributed by atoms with van der Waals surface area (Å²) >= 11 is 0. The molecule has 0 aliphatic rings. The van der Waals surface area contributed by atoms with Gasteiger partial charge in [0.2, 0.25) is 5.91 Å². The molecule has 0 bridgehead atoms. The van der Waals surface area contributed by atoms with Crippen molar-refractivity contribution >= 4 is 25.4 Å². The molecule has 1 aromatic carbocycles. The predicted molar refractivity (Wildman–Crippen MR) is 93.7 cm³/mol. The van der Waals surface area contributed by atoms with Gasteiger partial charge < -0.3 is 25.2 Å². The number of hydrogen-bond acceptors (Lipinski definition) is 6. The minimum absolute atomic E-state index is 0.0551. The van der Waals surface area contributed by atoms with Crippen LogP contribution in [0.3, 0.4) is 0 Å². The number of rotatable bonds is 11. The van der Waals surface area contributed by atoms with Crippen LogP contribution in [0.25, 0.3) is 0 Å². The van der Waals surface area contributed by atoms with E-state index in [-0.39, 0.29) is 24.9 Å². The second-order valence-electron chi connectivity index (χ2n) is 5.33. The first kappa shape index (κ1) is 21.8. The molecule has 0 fully saturated rings. The quantitative estimate of drug-likeness (QED) is 0.489. The van der Waals surface area contributed by atoms with Crippen molar-refractivity contribution in [3.05, 3.63) is 35.4 Å².